The van der Waals surface area contributed by atoms with Gasteiger partial charge in [-0.1, -0.05) is 18.6 Å². The van der Waals surface area contributed by atoms with Crippen molar-refractivity contribution >= 4 is 11.0 Å². The maximum absolute atomic E-state index is 9.13. The van der Waals surface area contributed by atoms with E-state index in [2.05, 4.69) is 11.0 Å². The quantitative estimate of drug-likeness (QED) is 0.856. The summed E-state index contributed by atoms with van der Waals surface area (Å²) in [5, 5.41) is 10.0. The van der Waals surface area contributed by atoms with Gasteiger partial charge >= 0.3 is 0 Å². The highest BCUT2D eigenvalue weighted by Gasteiger charge is 2.16. The molecule has 1 fully saturated rings. The standard InChI is InChI=1S/C16H18N2O2/c17-12-15-16(13-6-2-3-7-14(13)20-15)19-11-10-18-8-4-1-5-9-18/h2-3,6-7H,1,4-5,8-11H2. The number of ether oxygens (including phenoxy) is 1. The Morgan fingerprint density at radius 3 is 2.80 bits per heavy atom. The van der Waals surface area contributed by atoms with E-state index in [0.29, 0.717) is 17.9 Å². The average molecular weight is 270 g/mol. The number of benzene rings is 1. The lowest BCUT2D eigenvalue weighted by Crippen LogP contribution is -2.33. The van der Waals surface area contributed by atoms with E-state index in [9.17, 15) is 0 Å². The van der Waals surface area contributed by atoms with Crippen LogP contribution in [0.15, 0.2) is 28.7 Å². The lowest BCUT2D eigenvalue weighted by Gasteiger charge is -2.26. The van der Waals surface area contributed by atoms with Crippen LogP contribution in [0.2, 0.25) is 0 Å². The van der Waals surface area contributed by atoms with Gasteiger partial charge in [-0.05, 0) is 38.1 Å². The van der Waals surface area contributed by atoms with Gasteiger partial charge in [0.15, 0.2) is 5.75 Å². The third-order valence-corrected chi connectivity index (χ3v) is 3.75. The van der Waals surface area contributed by atoms with Gasteiger partial charge in [-0.15, -0.1) is 0 Å². The molecule has 0 aliphatic carbocycles. The molecule has 0 saturated carbocycles. The van der Waals surface area contributed by atoms with E-state index < -0.39 is 0 Å². The number of rotatable bonds is 4. The number of likely N-dealkylation sites (tertiary alicyclic amines) is 1. The molecule has 0 amide bonds. The van der Waals surface area contributed by atoms with Crippen molar-refractivity contribution in [2.24, 2.45) is 0 Å². The Balaban J connectivity index is 1.69. The second kappa shape index (κ2) is 5.98. The Hall–Kier alpha value is -1.99. The molecule has 1 aromatic heterocycles. The first kappa shape index (κ1) is 13.0. The van der Waals surface area contributed by atoms with E-state index in [1.165, 1.54) is 19.3 Å². The van der Waals surface area contributed by atoms with Crippen LogP contribution in [0.1, 0.15) is 25.0 Å². The number of piperidine rings is 1. The fourth-order valence-electron chi connectivity index (χ4n) is 2.70. The van der Waals surface area contributed by atoms with Crippen molar-refractivity contribution in [3.8, 4) is 11.8 Å². The summed E-state index contributed by atoms with van der Waals surface area (Å²) in [5.41, 5.74) is 0.706. The van der Waals surface area contributed by atoms with Crippen molar-refractivity contribution in [1.29, 1.82) is 5.26 Å². The molecule has 0 bridgehead atoms. The van der Waals surface area contributed by atoms with Crippen LogP contribution in [0.4, 0.5) is 0 Å². The van der Waals surface area contributed by atoms with Crippen LogP contribution in [-0.2, 0) is 0 Å². The van der Waals surface area contributed by atoms with Gasteiger partial charge in [-0.25, -0.2) is 0 Å². The second-order valence-electron chi connectivity index (χ2n) is 5.12. The fraction of sp³-hybridized carbons (Fsp3) is 0.438. The molecule has 0 radical (unpaired) electrons. The lowest BCUT2D eigenvalue weighted by molar-refractivity contribution is 0.183. The van der Waals surface area contributed by atoms with Gasteiger partial charge in [-0.3, -0.25) is 4.90 Å². The molecule has 0 N–H and O–H groups in total. The third-order valence-electron chi connectivity index (χ3n) is 3.75. The highest BCUT2D eigenvalue weighted by Crippen LogP contribution is 2.32. The van der Waals surface area contributed by atoms with Crippen molar-refractivity contribution in [2.75, 3.05) is 26.2 Å². The number of nitrogens with zero attached hydrogens (tertiary/aromatic N) is 2. The molecule has 0 unspecified atom stereocenters. The first-order chi connectivity index (χ1) is 9.88. The van der Waals surface area contributed by atoms with Crippen LogP contribution >= 0.6 is 0 Å². The van der Waals surface area contributed by atoms with Crippen LogP contribution in [0, 0.1) is 11.3 Å². The van der Waals surface area contributed by atoms with Gasteiger partial charge in [0.05, 0.1) is 5.39 Å². The molecular weight excluding hydrogens is 252 g/mol. The minimum atomic E-state index is 0.268. The summed E-state index contributed by atoms with van der Waals surface area (Å²) in [4.78, 5) is 2.41. The normalized spacial score (nSPS) is 16.1. The van der Waals surface area contributed by atoms with E-state index in [4.69, 9.17) is 14.4 Å². The molecule has 2 heterocycles. The van der Waals surface area contributed by atoms with Crippen molar-refractivity contribution < 1.29 is 9.15 Å². The molecule has 104 valence electrons. The zero-order chi connectivity index (χ0) is 13.8. The summed E-state index contributed by atoms with van der Waals surface area (Å²) in [6.07, 6.45) is 3.89. The van der Waals surface area contributed by atoms with Crippen LogP contribution in [0.3, 0.4) is 0 Å². The number of para-hydroxylation sites is 1. The molecule has 4 heteroatoms. The molecule has 1 aliphatic heterocycles. The zero-order valence-electron chi connectivity index (χ0n) is 11.5. The van der Waals surface area contributed by atoms with Crippen molar-refractivity contribution in [3.05, 3.63) is 30.0 Å². The predicted octanol–water partition coefficient (Wildman–Crippen LogP) is 3.17. The molecule has 0 spiro atoms. The summed E-state index contributed by atoms with van der Waals surface area (Å²) in [5.74, 6) is 0.852. The third kappa shape index (κ3) is 2.63. The SMILES string of the molecule is N#Cc1oc2ccccc2c1OCCN1CCCCC1. The second-order valence-corrected chi connectivity index (χ2v) is 5.12. The van der Waals surface area contributed by atoms with Crippen LogP contribution in [0.5, 0.6) is 5.75 Å². The van der Waals surface area contributed by atoms with Crippen molar-refractivity contribution in [1.82, 2.24) is 4.90 Å². The topological polar surface area (TPSA) is 49.4 Å². The molecule has 1 saturated heterocycles. The minimum absolute atomic E-state index is 0.268. The molecule has 1 aliphatic rings. The number of hydrogen-bond acceptors (Lipinski definition) is 4. The fourth-order valence-corrected chi connectivity index (χ4v) is 2.70. The van der Waals surface area contributed by atoms with Gasteiger partial charge in [0, 0.05) is 6.54 Å². The van der Waals surface area contributed by atoms with Crippen LogP contribution in [-0.4, -0.2) is 31.1 Å². The molecule has 20 heavy (non-hydrogen) atoms. The Labute approximate surface area is 118 Å². The van der Waals surface area contributed by atoms with E-state index in [1.54, 1.807) is 0 Å². The summed E-state index contributed by atoms with van der Waals surface area (Å²) < 4.78 is 11.3. The number of fused-ring (bicyclic) bond motifs is 1. The first-order valence-electron chi connectivity index (χ1n) is 7.15. The summed E-state index contributed by atoms with van der Waals surface area (Å²) in [7, 11) is 0. The predicted molar refractivity (Wildman–Crippen MR) is 76.7 cm³/mol. The van der Waals surface area contributed by atoms with Gasteiger partial charge < -0.3 is 9.15 Å². The monoisotopic (exact) mass is 270 g/mol. The smallest absolute Gasteiger partial charge is 0.246 e. The summed E-state index contributed by atoms with van der Waals surface area (Å²) in [6.45, 7) is 3.81. The van der Waals surface area contributed by atoms with E-state index in [-0.39, 0.29) is 5.76 Å². The van der Waals surface area contributed by atoms with E-state index >= 15 is 0 Å². The maximum Gasteiger partial charge on any atom is 0.246 e. The van der Waals surface area contributed by atoms with Crippen molar-refractivity contribution in [2.45, 2.75) is 19.3 Å². The maximum atomic E-state index is 9.13. The molecule has 3 rings (SSSR count). The van der Waals surface area contributed by atoms with Gasteiger partial charge in [-0.2, -0.15) is 5.26 Å². The Kier molecular flexibility index (Phi) is 3.89. The lowest BCUT2D eigenvalue weighted by atomic mass is 10.1. The van der Waals surface area contributed by atoms with Gasteiger partial charge in [0.1, 0.15) is 18.3 Å². The number of nitriles is 1. The number of furan rings is 1. The van der Waals surface area contributed by atoms with E-state index in [0.717, 1.165) is 25.0 Å². The van der Waals surface area contributed by atoms with Crippen LogP contribution < -0.4 is 4.74 Å². The average Bonchev–Trinajstić information content (AvgIpc) is 2.87. The summed E-state index contributed by atoms with van der Waals surface area (Å²) in [6, 6.07) is 9.67. The molecule has 1 aromatic carbocycles. The molecular formula is C16H18N2O2. The van der Waals surface area contributed by atoms with Crippen molar-refractivity contribution in [3.63, 3.8) is 0 Å². The Morgan fingerprint density at radius 2 is 2.00 bits per heavy atom. The molecule has 2 aromatic rings. The first-order valence-corrected chi connectivity index (χ1v) is 7.15. The highest BCUT2D eigenvalue weighted by molar-refractivity contribution is 5.86. The zero-order valence-corrected chi connectivity index (χ0v) is 11.5. The Bertz CT molecular complexity index is 621. The van der Waals surface area contributed by atoms with E-state index in [1.807, 2.05) is 24.3 Å². The van der Waals surface area contributed by atoms with Gasteiger partial charge in [0.2, 0.25) is 5.76 Å². The highest BCUT2D eigenvalue weighted by atomic mass is 16.5. The van der Waals surface area contributed by atoms with Gasteiger partial charge in [0.25, 0.3) is 0 Å². The number of hydrogen-bond donors (Lipinski definition) is 0. The molecule has 4 nitrogen and oxygen atoms in total. The summed E-state index contributed by atoms with van der Waals surface area (Å²) >= 11 is 0. The largest absolute Gasteiger partial charge is 0.487 e. The minimum Gasteiger partial charge on any atom is -0.487 e. The Morgan fingerprint density at radius 1 is 1.20 bits per heavy atom. The molecule has 0 atom stereocenters. The van der Waals surface area contributed by atoms with Crippen LogP contribution in [0.25, 0.3) is 11.0 Å².